The largest absolute Gasteiger partial charge is 0.338 e. The van der Waals surface area contributed by atoms with Gasteiger partial charge in [0.25, 0.3) is 0 Å². The van der Waals surface area contributed by atoms with Crippen molar-refractivity contribution < 1.29 is 0 Å². The smallest absolute Gasteiger partial charge is 0.137 e. The first-order valence-electron chi connectivity index (χ1n) is 7.27. The summed E-state index contributed by atoms with van der Waals surface area (Å²) in [6.45, 7) is 4.48. The number of H-pyrrole nitrogens is 1. The van der Waals surface area contributed by atoms with E-state index in [1.165, 1.54) is 5.56 Å². The van der Waals surface area contributed by atoms with Gasteiger partial charge in [0.15, 0.2) is 0 Å². The molecule has 3 nitrogen and oxygen atoms in total. The van der Waals surface area contributed by atoms with Crippen LogP contribution in [0.15, 0.2) is 55.0 Å². The van der Waals surface area contributed by atoms with Crippen LogP contribution in [-0.2, 0) is 6.42 Å². The van der Waals surface area contributed by atoms with E-state index in [0.717, 1.165) is 29.1 Å². The third-order valence-electron chi connectivity index (χ3n) is 3.44. The molecule has 2 heterocycles. The van der Waals surface area contributed by atoms with E-state index in [0.29, 0.717) is 5.92 Å². The van der Waals surface area contributed by atoms with Gasteiger partial charge in [-0.25, -0.2) is 4.98 Å². The van der Waals surface area contributed by atoms with E-state index in [1.807, 2.05) is 18.3 Å². The monoisotopic (exact) mass is 277 g/mol. The van der Waals surface area contributed by atoms with Crippen molar-refractivity contribution in [1.82, 2.24) is 15.0 Å². The molecule has 0 fully saturated rings. The molecule has 21 heavy (non-hydrogen) atoms. The van der Waals surface area contributed by atoms with Gasteiger partial charge in [0.1, 0.15) is 5.82 Å². The number of hydrogen-bond donors (Lipinski definition) is 1. The number of pyridine rings is 1. The van der Waals surface area contributed by atoms with Crippen molar-refractivity contribution in [3.63, 3.8) is 0 Å². The van der Waals surface area contributed by atoms with Crippen LogP contribution in [0.25, 0.3) is 22.6 Å². The van der Waals surface area contributed by atoms with E-state index >= 15 is 0 Å². The highest BCUT2D eigenvalue weighted by atomic mass is 14.9. The Morgan fingerprint density at radius 3 is 2.33 bits per heavy atom. The van der Waals surface area contributed by atoms with E-state index in [9.17, 15) is 0 Å². The van der Waals surface area contributed by atoms with Crippen molar-refractivity contribution >= 4 is 0 Å². The van der Waals surface area contributed by atoms with E-state index < -0.39 is 0 Å². The van der Waals surface area contributed by atoms with Crippen molar-refractivity contribution in [2.24, 2.45) is 5.92 Å². The zero-order valence-electron chi connectivity index (χ0n) is 12.4. The molecular weight excluding hydrogens is 258 g/mol. The summed E-state index contributed by atoms with van der Waals surface area (Å²) in [5, 5.41) is 0. The SMILES string of the molecule is CC(C)Cc1ccc(-c2ncc(-c3ccncc3)[nH]2)cc1. The van der Waals surface area contributed by atoms with Crippen LogP contribution in [0.3, 0.4) is 0 Å². The second-order valence-corrected chi connectivity index (χ2v) is 5.68. The topological polar surface area (TPSA) is 41.6 Å². The van der Waals surface area contributed by atoms with Gasteiger partial charge in [0, 0.05) is 23.5 Å². The predicted molar refractivity (Wildman–Crippen MR) is 85.8 cm³/mol. The summed E-state index contributed by atoms with van der Waals surface area (Å²) in [7, 11) is 0. The third kappa shape index (κ3) is 3.19. The van der Waals surface area contributed by atoms with Gasteiger partial charge in [0.2, 0.25) is 0 Å². The molecule has 2 aromatic heterocycles. The maximum Gasteiger partial charge on any atom is 0.137 e. The number of rotatable bonds is 4. The van der Waals surface area contributed by atoms with E-state index in [2.05, 4.69) is 53.1 Å². The molecule has 106 valence electrons. The first-order chi connectivity index (χ1) is 10.2. The second kappa shape index (κ2) is 5.92. The van der Waals surface area contributed by atoms with Crippen LogP contribution < -0.4 is 0 Å². The van der Waals surface area contributed by atoms with Crippen molar-refractivity contribution in [3.8, 4) is 22.6 Å². The van der Waals surface area contributed by atoms with Crippen molar-refractivity contribution in [2.75, 3.05) is 0 Å². The van der Waals surface area contributed by atoms with E-state index in [-0.39, 0.29) is 0 Å². The molecular formula is C18H19N3. The summed E-state index contributed by atoms with van der Waals surface area (Å²) in [5.74, 6) is 1.58. The van der Waals surface area contributed by atoms with Gasteiger partial charge >= 0.3 is 0 Å². The maximum absolute atomic E-state index is 4.48. The molecule has 0 atom stereocenters. The third-order valence-corrected chi connectivity index (χ3v) is 3.44. The first-order valence-corrected chi connectivity index (χ1v) is 7.27. The molecule has 0 aliphatic rings. The molecule has 0 saturated carbocycles. The highest BCUT2D eigenvalue weighted by molar-refractivity contribution is 5.64. The molecule has 0 unspecified atom stereocenters. The lowest BCUT2D eigenvalue weighted by Gasteiger charge is -2.05. The number of hydrogen-bond acceptors (Lipinski definition) is 2. The van der Waals surface area contributed by atoms with Crippen LogP contribution in [-0.4, -0.2) is 15.0 Å². The Morgan fingerprint density at radius 1 is 0.952 bits per heavy atom. The summed E-state index contributed by atoms with van der Waals surface area (Å²) >= 11 is 0. The Kier molecular flexibility index (Phi) is 3.82. The number of benzene rings is 1. The Labute approximate surface area is 125 Å². The Balaban J connectivity index is 1.83. The number of nitrogens with one attached hydrogen (secondary N) is 1. The van der Waals surface area contributed by atoms with Gasteiger partial charge in [-0.3, -0.25) is 4.98 Å². The van der Waals surface area contributed by atoms with Gasteiger partial charge in [0.05, 0.1) is 11.9 Å². The number of imidazole rings is 1. The average Bonchev–Trinajstić information content (AvgIpc) is 2.98. The van der Waals surface area contributed by atoms with E-state index in [1.54, 1.807) is 12.4 Å². The number of aromatic nitrogens is 3. The Morgan fingerprint density at radius 2 is 1.67 bits per heavy atom. The minimum absolute atomic E-state index is 0.678. The lowest BCUT2D eigenvalue weighted by molar-refractivity contribution is 0.647. The molecule has 1 N–H and O–H groups in total. The van der Waals surface area contributed by atoms with Gasteiger partial charge in [-0.1, -0.05) is 38.1 Å². The summed E-state index contributed by atoms with van der Waals surface area (Å²) in [6, 6.07) is 12.6. The Hall–Kier alpha value is -2.42. The summed E-state index contributed by atoms with van der Waals surface area (Å²) in [6.07, 6.45) is 6.56. The minimum atomic E-state index is 0.678. The summed E-state index contributed by atoms with van der Waals surface area (Å²) in [4.78, 5) is 11.9. The van der Waals surface area contributed by atoms with Crippen LogP contribution in [0.4, 0.5) is 0 Å². The van der Waals surface area contributed by atoms with Crippen LogP contribution >= 0.6 is 0 Å². The molecule has 3 heteroatoms. The lowest BCUT2D eigenvalue weighted by Crippen LogP contribution is -1.93. The minimum Gasteiger partial charge on any atom is -0.338 e. The molecule has 0 saturated heterocycles. The fourth-order valence-corrected chi connectivity index (χ4v) is 2.42. The molecule has 3 aromatic rings. The summed E-state index contributed by atoms with van der Waals surface area (Å²) in [5.41, 5.74) is 4.59. The van der Waals surface area contributed by atoms with Crippen LogP contribution in [0.2, 0.25) is 0 Å². The molecule has 0 amide bonds. The normalized spacial score (nSPS) is 11.0. The van der Waals surface area contributed by atoms with Gasteiger partial charge < -0.3 is 4.98 Å². The fourth-order valence-electron chi connectivity index (χ4n) is 2.42. The van der Waals surface area contributed by atoms with Crippen molar-refractivity contribution in [3.05, 3.63) is 60.6 Å². The molecule has 0 bridgehead atoms. The fraction of sp³-hybridized carbons (Fsp3) is 0.222. The molecule has 0 aliphatic heterocycles. The number of nitrogens with zero attached hydrogens (tertiary/aromatic N) is 2. The zero-order chi connectivity index (χ0) is 14.7. The van der Waals surface area contributed by atoms with Crippen molar-refractivity contribution in [2.45, 2.75) is 20.3 Å². The molecule has 1 aromatic carbocycles. The van der Waals surface area contributed by atoms with Crippen molar-refractivity contribution in [1.29, 1.82) is 0 Å². The predicted octanol–water partition coefficient (Wildman–Crippen LogP) is 4.34. The van der Waals surface area contributed by atoms with Gasteiger partial charge in [-0.2, -0.15) is 0 Å². The van der Waals surface area contributed by atoms with Crippen LogP contribution in [0.1, 0.15) is 19.4 Å². The molecule has 0 spiro atoms. The van der Waals surface area contributed by atoms with Crippen LogP contribution in [0.5, 0.6) is 0 Å². The molecule has 0 aliphatic carbocycles. The van der Waals surface area contributed by atoms with Gasteiger partial charge in [-0.05, 0) is 30.0 Å². The quantitative estimate of drug-likeness (QED) is 0.771. The lowest BCUT2D eigenvalue weighted by atomic mass is 10.0. The Bertz CT molecular complexity index is 697. The average molecular weight is 277 g/mol. The van der Waals surface area contributed by atoms with E-state index in [4.69, 9.17) is 0 Å². The first kappa shape index (κ1) is 13.6. The number of aromatic amines is 1. The van der Waals surface area contributed by atoms with Gasteiger partial charge in [-0.15, -0.1) is 0 Å². The highest BCUT2D eigenvalue weighted by Crippen LogP contribution is 2.22. The maximum atomic E-state index is 4.48. The van der Waals surface area contributed by atoms with Crippen LogP contribution in [0, 0.1) is 5.92 Å². The molecule has 3 rings (SSSR count). The zero-order valence-corrected chi connectivity index (χ0v) is 12.4. The molecule has 0 radical (unpaired) electrons. The highest BCUT2D eigenvalue weighted by Gasteiger charge is 2.06. The standard InChI is InChI=1S/C18H19N3/c1-13(2)11-14-3-5-16(6-4-14)18-20-12-17(21-18)15-7-9-19-10-8-15/h3-10,12-13H,11H2,1-2H3,(H,20,21). The second-order valence-electron chi connectivity index (χ2n) is 5.68. The summed E-state index contributed by atoms with van der Waals surface area (Å²) < 4.78 is 0.